The third-order valence-corrected chi connectivity index (χ3v) is 9.63. The van der Waals surface area contributed by atoms with Gasteiger partial charge in [-0.15, -0.1) is 0 Å². The summed E-state index contributed by atoms with van der Waals surface area (Å²) < 4.78 is 0. The number of nitrogens with zero attached hydrogens (tertiary/aromatic N) is 4. The van der Waals surface area contributed by atoms with Gasteiger partial charge in [-0.1, -0.05) is 94.4 Å². The smallest absolute Gasteiger partial charge is 0.0110 e. The van der Waals surface area contributed by atoms with E-state index in [-0.39, 0.29) is 0 Å². The van der Waals surface area contributed by atoms with Crippen LogP contribution in [-0.4, -0.2) is 98.6 Å². The van der Waals surface area contributed by atoms with Crippen molar-refractivity contribution in [2.75, 3.05) is 79.0 Å². The molecule has 39 heavy (non-hydrogen) atoms. The number of hydrogen-bond donors (Lipinski definition) is 0. The molecule has 4 fully saturated rings. The van der Waals surface area contributed by atoms with Crippen LogP contribution < -0.4 is 0 Å². The van der Waals surface area contributed by atoms with E-state index in [0.29, 0.717) is 0 Å². The van der Waals surface area contributed by atoms with Gasteiger partial charge in [0.1, 0.15) is 0 Å². The molecular weight excluding hydrogens is 476 g/mol. The second kappa shape index (κ2) is 25.5. The second-order valence-corrected chi connectivity index (χ2v) is 11.9. The normalized spacial score (nSPS) is 26.0. The lowest BCUT2D eigenvalue weighted by atomic mass is 9.76. The fourth-order valence-electron chi connectivity index (χ4n) is 6.77. The van der Waals surface area contributed by atoms with Crippen LogP contribution in [0.15, 0.2) is 0 Å². The molecular formula is C35H76N4. The Morgan fingerprint density at radius 1 is 0.436 bits per heavy atom. The largest absolute Gasteiger partial charge is 0.304 e. The molecule has 1 saturated carbocycles. The first kappa shape index (κ1) is 38.8. The van der Waals surface area contributed by atoms with E-state index >= 15 is 0 Å². The molecule has 3 aliphatic heterocycles. The first-order valence-corrected chi connectivity index (χ1v) is 17.9. The molecule has 3 saturated heterocycles. The quantitative estimate of drug-likeness (QED) is 0.314. The minimum Gasteiger partial charge on any atom is -0.304 e. The summed E-state index contributed by atoms with van der Waals surface area (Å²) in [4.78, 5) is 10.3. The molecule has 4 aliphatic rings. The standard InChI is InChI=1S/C16H31N.C13H27N3.3C2H6/c1-3-14-5-7-15(8-6-14)13-16-9-11-17(4-2)12-10-16;1-3-15-6-4-13(5-7-15)12-16-10-8-14(2)9-11-16;3*1-2/h14-16H,3-13H2,1-2H3;13H,3-12H2,1-2H3;3*1-2H3. The summed E-state index contributed by atoms with van der Waals surface area (Å²) in [7, 11) is 2.23. The van der Waals surface area contributed by atoms with Crippen LogP contribution in [0.1, 0.15) is 127 Å². The summed E-state index contributed by atoms with van der Waals surface area (Å²) in [6, 6.07) is 0. The average molecular weight is 553 g/mol. The van der Waals surface area contributed by atoms with Gasteiger partial charge in [-0.3, -0.25) is 0 Å². The average Bonchev–Trinajstić information content (AvgIpc) is 3.03. The molecule has 4 rings (SSSR count). The Morgan fingerprint density at radius 2 is 0.821 bits per heavy atom. The topological polar surface area (TPSA) is 13.0 Å². The summed E-state index contributed by atoms with van der Waals surface area (Å²) in [6.45, 7) is 33.3. The van der Waals surface area contributed by atoms with Gasteiger partial charge in [-0.2, -0.15) is 0 Å². The minimum absolute atomic E-state index is 0.964. The number of piperidine rings is 2. The lowest BCUT2D eigenvalue weighted by Crippen LogP contribution is -2.47. The van der Waals surface area contributed by atoms with Crippen molar-refractivity contribution in [1.29, 1.82) is 0 Å². The van der Waals surface area contributed by atoms with E-state index in [1.807, 2.05) is 41.5 Å². The fourth-order valence-corrected chi connectivity index (χ4v) is 6.77. The van der Waals surface area contributed by atoms with E-state index in [4.69, 9.17) is 0 Å². The van der Waals surface area contributed by atoms with Crippen molar-refractivity contribution >= 4 is 0 Å². The van der Waals surface area contributed by atoms with E-state index in [1.165, 1.54) is 130 Å². The van der Waals surface area contributed by atoms with Crippen molar-refractivity contribution in [2.45, 2.75) is 127 Å². The predicted molar refractivity (Wildman–Crippen MR) is 178 cm³/mol. The van der Waals surface area contributed by atoms with Crippen LogP contribution in [0.2, 0.25) is 0 Å². The Morgan fingerprint density at radius 3 is 1.23 bits per heavy atom. The summed E-state index contributed by atoms with van der Waals surface area (Å²) in [5.74, 6) is 4.16. The monoisotopic (exact) mass is 553 g/mol. The molecule has 0 aromatic carbocycles. The molecule has 4 nitrogen and oxygen atoms in total. The molecule has 1 aliphatic carbocycles. The summed E-state index contributed by atoms with van der Waals surface area (Å²) in [6.07, 6.45) is 14.9. The third-order valence-electron chi connectivity index (χ3n) is 9.63. The molecule has 3 heterocycles. The van der Waals surface area contributed by atoms with Crippen molar-refractivity contribution < 1.29 is 0 Å². The van der Waals surface area contributed by atoms with Crippen molar-refractivity contribution in [3.05, 3.63) is 0 Å². The van der Waals surface area contributed by atoms with Crippen LogP contribution in [0.3, 0.4) is 0 Å². The maximum atomic E-state index is 2.67. The zero-order valence-corrected chi connectivity index (χ0v) is 28.9. The fraction of sp³-hybridized carbons (Fsp3) is 1.00. The number of likely N-dealkylation sites (tertiary alicyclic amines) is 2. The van der Waals surface area contributed by atoms with Crippen LogP contribution in [0.25, 0.3) is 0 Å². The third kappa shape index (κ3) is 16.8. The summed E-state index contributed by atoms with van der Waals surface area (Å²) in [5, 5.41) is 0. The van der Waals surface area contributed by atoms with Gasteiger partial charge < -0.3 is 19.6 Å². The maximum absolute atomic E-state index is 2.67. The van der Waals surface area contributed by atoms with Gasteiger partial charge in [0, 0.05) is 32.7 Å². The Bertz CT molecular complexity index is 459. The van der Waals surface area contributed by atoms with Gasteiger partial charge in [0.25, 0.3) is 0 Å². The highest BCUT2D eigenvalue weighted by Crippen LogP contribution is 2.36. The van der Waals surface area contributed by atoms with Gasteiger partial charge in [0.15, 0.2) is 0 Å². The zero-order chi connectivity index (χ0) is 29.5. The van der Waals surface area contributed by atoms with Crippen molar-refractivity contribution in [3.63, 3.8) is 0 Å². The maximum Gasteiger partial charge on any atom is 0.0110 e. The lowest BCUT2D eigenvalue weighted by molar-refractivity contribution is 0.107. The highest BCUT2D eigenvalue weighted by molar-refractivity contribution is 4.79. The lowest BCUT2D eigenvalue weighted by Gasteiger charge is -2.37. The number of piperazine rings is 1. The minimum atomic E-state index is 0.964. The molecule has 0 unspecified atom stereocenters. The Hall–Kier alpha value is -0.160. The Kier molecular flexibility index (Phi) is 25.4. The van der Waals surface area contributed by atoms with E-state index in [9.17, 15) is 0 Å². The molecule has 4 heteroatoms. The van der Waals surface area contributed by atoms with Crippen molar-refractivity contribution in [2.24, 2.45) is 23.7 Å². The molecule has 0 aromatic rings. The van der Waals surface area contributed by atoms with Crippen LogP contribution in [0.5, 0.6) is 0 Å². The van der Waals surface area contributed by atoms with Crippen LogP contribution >= 0.6 is 0 Å². The molecule has 0 radical (unpaired) electrons. The van der Waals surface area contributed by atoms with E-state index in [0.717, 1.165) is 23.7 Å². The van der Waals surface area contributed by atoms with Crippen molar-refractivity contribution in [1.82, 2.24) is 19.6 Å². The van der Waals surface area contributed by atoms with Gasteiger partial charge in [-0.25, -0.2) is 0 Å². The Balaban J connectivity index is 0.000000623. The molecule has 0 N–H and O–H groups in total. The second-order valence-electron chi connectivity index (χ2n) is 11.9. The van der Waals surface area contributed by atoms with Gasteiger partial charge >= 0.3 is 0 Å². The zero-order valence-electron chi connectivity index (χ0n) is 28.9. The molecule has 0 spiro atoms. The number of hydrogen-bond acceptors (Lipinski definition) is 4. The number of likely N-dealkylation sites (N-methyl/N-ethyl adjacent to an activating group) is 1. The SMILES string of the molecule is CC.CC.CC.CCC1CCC(CC2CCN(CC)CC2)CC1.CCN1CCC(CN2CCN(C)CC2)CC1. The van der Waals surface area contributed by atoms with E-state index < -0.39 is 0 Å². The highest BCUT2D eigenvalue weighted by Gasteiger charge is 2.25. The summed E-state index contributed by atoms with van der Waals surface area (Å²) in [5.41, 5.74) is 0. The van der Waals surface area contributed by atoms with Gasteiger partial charge in [-0.05, 0) is 102 Å². The van der Waals surface area contributed by atoms with Gasteiger partial charge in [0.2, 0.25) is 0 Å². The van der Waals surface area contributed by atoms with E-state index in [2.05, 4.69) is 47.4 Å². The van der Waals surface area contributed by atoms with E-state index in [1.54, 1.807) is 6.42 Å². The molecule has 0 amide bonds. The Labute approximate surface area is 248 Å². The first-order valence-electron chi connectivity index (χ1n) is 17.9. The first-order chi connectivity index (χ1) is 19.1. The molecule has 0 aromatic heterocycles. The van der Waals surface area contributed by atoms with Crippen LogP contribution in [0, 0.1) is 23.7 Å². The highest BCUT2D eigenvalue weighted by atomic mass is 15.2. The molecule has 236 valence electrons. The molecule has 0 bridgehead atoms. The summed E-state index contributed by atoms with van der Waals surface area (Å²) >= 11 is 0. The van der Waals surface area contributed by atoms with Crippen LogP contribution in [0.4, 0.5) is 0 Å². The number of rotatable bonds is 7. The van der Waals surface area contributed by atoms with Crippen molar-refractivity contribution in [3.8, 4) is 0 Å². The predicted octanol–water partition coefficient (Wildman–Crippen LogP) is 8.37. The molecule has 0 atom stereocenters. The van der Waals surface area contributed by atoms with Crippen LogP contribution in [-0.2, 0) is 0 Å². The van der Waals surface area contributed by atoms with Gasteiger partial charge in [0.05, 0.1) is 0 Å².